The number of carbonyl (C=O) groups excluding carboxylic acids is 2. The molecule has 10 nitrogen and oxygen atoms in total. The SMILES string of the molecule is CNCCCC(=O)c1ccc(-n2nc(C(=O)NC3(C(=O)O)C4CC5CC(C4)CC3C5)cc2-c2c(OC)cccc2OC)c(C(C)C)c1. The largest absolute Gasteiger partial charge is 0.496 e. The quantitative estimate of drug-likeness (QED) is 0.156. The zero-order valence-corrected chi connectivity index (χ0v) is 28.0. The van der Waals surface area contributed by atoms with Gasteiger partial charge in [0.15, 0.2) is 11.5 Å². The Hall–Kier alpha value is -4.18. The second kappa shape index (κ2) is 13.1. The highest BCUT2D eigenvalue weighted by atomic mass is 16.5. The van der Waals surface area contributed by atoms with Crippen molar-refractivity contribution in [1.82, 2.24) is 20.4 Å². The van der Waals surface area contributed by atoms with Crippen LogP contribution in [0.15, 0.2) is 42.5 Å². The number of ketones is 1. The minimum absolute atomic E-state index is 0.0206. The van der Waals surface area contributed by atoms with Crippen molar-refractivity contribution in [2.75, 3.05) is 27.8 Å². The fourth-order valence-electron chi connectivity index (χ4n) is 8.70. The van der Waals surface area contributed by atoms with E-state index >= 15 is 0 Å². The Labute approximate surface area is 276 Å². The van der Waals surface area contributed by atoms with Crippen molar-refractivity contribution in [3.63, 3.8) is 0 Å². The van der Waals surface area contributed by atoms with Gasteiger partial charge in [0.2, 0.25) is 0 Å². The number of rotatable bonds is 13. The first-order chi connectivity index (χ1) is 22.6. The Morgan fingerprint density at radius 1 is 0.979 bits per heavy atom. The van der Waals surface area contributed by atoms with Crippen LogP contribution in [0.2, 0.25) is 0 Å². The summed E-state index contributed by atoms with van der Waals surface area (Å²) in [7, 11) is 5.01. The van der Waals surface area contributed by atoms with Crippen molar-refractivity contribution in [2.45, 2.75) is 70.3 Å². The van der Waals surface area contributed by atoms with Crippen molar-refractivity contribution in [1.29, 1.82) is 0 Å². The minimum Gasteiger partial charge on any atom is -0.496 e. The number of methoxy groups -OCH3 is 2. The highest BCUT2D eigenvalue weighted by Gasteiger charge is 2.62. The molecule has 4 saturated carbocycles. The molecule has 4 aliphatic carbocycles. The number of nitrogens with one attached hydrogen (secondary N) is 2. The van der Waals surface area contributed by atoms with Gasteiger partial charge >= 0.3 is 5.97 Å². The summed E-state index contributed by atoms with van der Waals surface area (Å²) in [4.78, 5) is 40.3. The third-order valence-corrected chi connectivity index (χ3v) is 10.8. The van der Waals surface area contributed by atoms with Crippen LogP contribution in [0, 0.1) is 23.7 Å². The van der Waals surface area contributed by atoms with E-state index in [4.69, 9.17) is 14.6 Å². The van der Waals surface area contributed by atoms with Crippen LogP contribution in [0.25, 0.3) is 16.9 Å². The van der Waals surface area contributed by atoms with E-state index in [1.54, 1.807) is 25.0 Å². The molecule has 4 bridgehead atoms. The van der Waals surface area contributed by atoms with Gasteiger partial charge in [0, 0.05) is 12.0 Å². The van der Waals surface area contributed by atoms with Gasteiger partial charge in [0.25, 0.3) is 5.91 Å². The van der Waals surface area contributed by atoms with Gasteiger partial charge in [-0.1, -0.05) is 19.9 Å². The summed E-state index contributed by atoms with van der Waals surface area (Å²) >= 11 is 0. The summed E-state index contributed by atoms with van der Waals surface area (Å²) < 4.78 is 13.2. The molecule has 0 radical (unpaired) electrons. The van der Waals surface area contributed by atoms with Crippen LogP contribution in [0.3, 0.4) is 0 Å². The first kappa shape index (κ1) is 32.7. The Morgan fingerprint density at radius 2 is 1.62 bits per heavy atom. The molecular weight excluding hydrogens is 596 g/mol. The van der Waals surface area contributed by atoms with E-state index in [0.29, 0.717) is 52.3 Å². The summed E-state index contributed by atoms with van der Waals surface area (Å²) in [5.41, 5.74) is 2.16. The topological polar surface area (TPSA) is 132 Å². The first-order valence-corrected chi connectivity index (χ1v) is 16.8. The second-order valence-electron chi connectivity index (χ2n) is 13.9. The zero-order valence-electron chi connectivity index (χ0n) is 28.0. The molecule has 3 N–H and O–H groups in total. The van der Waals surface area contributed by atoms with Gasteiger partial charge in [0.1, 0.15) is 17.0 Å². The molecule has 0 spiro atoms. The smallest absolute Gasteiger partial charge is 0.330 e. The van der Waals surface area contributed by atoms with Crippen LogP contribution in [-0.2, 0) is 4.79 Å². The van der Waals surface area contributed by atoms with E-state index in [1.165, 1.54) is 6.42 Å². The van der Waals surface area contributed by atoms with Crippen molar-refractivity contribution in [3.05, 3.63) is 59.3 Å². The number of carbonyl (C=O) groups is 3. The number of aromatic nitrogens is 2. The average Bonchev–Trinajstić information content (AvgIpc) is 3.50. The fraction of sp³-hybridized carbons (Fsp3) is 0.514. The molecule has 4 aliphatic rings. The highest BCUT2D eigenvalue weighted by molar-refractivity contribution is 5.99. The van der Waals surface area contributed by atoms with Gasteiger partial charge in [-0.05, 0) is 124 Å². The molecule has 47 heavy (non-hydrogen) atoms. The lowest BCUT2D eigenvalue weighted by atomic mass is 9.48. The summed E-state index contributed by atoms with van der Waals surface area (Å²) in [5.74, 6) is 0.563. The van der Waals surface area contributed by atoms with E-state index in [2.05, 4.69) is 24.5 Å². The lowest BCUT2D eigenvalue weighted by Gasteiger charge is -2.59. The molecule has 3 aromatic rings. The van der Waals surface area contributed by atoms with E-state index in [1.807, 2.05) is 43.4 Å². The van der Waals surface area contributed by atoms with Crippen molar-refractivity contribution < 1.29 is 29.0 Å². The molecule has 0 atom stereocenters. The molecule has 0 unspecified atom stereocenters. The Balaban J connectivity index is 1.46. The van der Waals surface area contributed by atoms with Crippen LogP contribution in [0.4, 0.5) is 0 Å². The summed E-state index contributed by atoms with van der Waals surface area (Å²) in [6.45, 7) is 4.87. The van der Waals surface area contributed by atoms with Gasteiger partial charge in [-0.15, -0.1) is 0 Å². The number of ether oxygens (including phenoxy) is 2. The third-order valence-electron chi connectivity index (χ3n) is 10.8. The van der Waals surface area contributed by atoms with E-state index in [9.17, 15) is 19.5 Å². The molecule has 0 aliphatic heterocycles. The minimum atomic E-state index is -1.31. The number of aliphatic carboxylic acids is 1. The van der Waals surface area contributed by atoms with Crippen LogP contribution >= 0.6 is 0 Å². The first-order valence-electron chi connectivity index (χ1n) is 16.8. The van der Waals surface area contributed by atoms with E-state index in [-0.39, 0.29) is 29.2 Å². The molecule has 10 heteroatoms. The lowest BCUT2D eigenvalue weighted by molar-refractivity contribution is -0.163. The molecule has 1 heterocycles. The van der Waals surface area contributed by atoms with Crippen LogP contribution < -0.4 is 20.1 Å². The molecule has 0 saturated heterocycles. The average molecular weight is 643 g/mol. The molecule has 4 fully saturated rings. The predicted octanol–water partition coefficient (Wildman–Crippen LogP) is 5.87. The van der Waals surface area contributed by atoms with Gasteiger partial charge < -0.3 is 25.2 Å². The molecule has 7 rings (SSSR count). The number of hydrogen-bond donors (Lipinski definition) is 3. The maximum atomic E-state index is 14.2. The normalized spacial score (nSPS) is 24.4. The number of carboxylic acid groups (broad SMARTS) is 1. The number of amides is 1. The summed E-state index contributed by atoms with van der Waals surface area (Å²) in [5, 5.41) is 21.7. The van der Waals surface area contributed by atoms with Gasteiger partial charge in [-0.2, -0.15) is 5.10 Å². The summed E-state index contributed by atoms with van der Waals surface area (Å²) in [6.07, 6.45) is 5.66. The van der Waals surface area contributed by atoms with E-state index in [0.717, 1.165) is 44.2 Å². The molecule has 1 amide bonds. The summed E-state index contributed by atoms with van der Waals surface area (Å²) in [6, 6.07) is 12.7. The number of Topliss-reactive ketones (excluding diaryl/α,β-unsaturated/α-hetero) is 1. The highest BCUT2D eigenvalue weighted by Crippen LogP contribution is 2.58. The van der Waals surface area contributed by atoms with Crippen LogP contribution in [0.5, 0.6) is 11.5 Å². The fourth-order valence-corrected chi connectivity index (χ4v) is 8.70. The van der Waals surface area contributed by atoms with Crippen molar-refractivity contribution >= 4 is 17.7 Å². The van der Waals surface area contributed by atoms with Crippen molar-refractivity contribution in [2.24, 2.45) is 23.7 Å². The molecular formula is C37H46N4O6. The lowest BCUT2D eigenvalue weighted by Crippen LogP contribution is -2.70. The number of benzene rings is 2. The van der Waals surface area contributed by atoms with Crippen LogP contribution in [0.1, 0.15) is 91.1 Å². The van der Waals surface area contributed by atoms with Gasteiger partial charge in [0.05, 0.1) is 31.2 Å². The standard InChI is InChI=1S/C37H46N4O6/c1-21(2)27-19-24(31(42)8-7-13-38-3)11-12-29(27)41-30(34-32(46-4)9-6-10-33(34)47-5)20-28(40-41)35(43)39-37(36(44)45)25-15-22-14-23(17-25)18-26(37)16-22/h6,9-12,19-23,25-26,38H,7-8,13-18H2,1-5H3,(H,39,43)(H,44,45). The third kappa shape index (κ3) is 5.81. The Bertz CT molecular complexity index is 1630. The van der Waals surface area contributed by atoms with Gasteiger partial charge in [-0.3, -0.25) is 9.59 Å². The van der Waals surface area contributed by atoms with Crippen LogP contribution in [-0.4, -0.2) is 65.9 Å². The number of carboxylic acids is 1. The monoisotopic (exact) mass is 642 g/mol. The number of hydrogen-bond acceptors (Lipinski definition) is 7. The predicted molar refractivity (Wildman–Crippen MR) is 179 cm³/mol. The Morgan fingerprint density at radius 3 is 2.17 bits per heavy atom. The number of nitrogens with zero attached hydrogens (tertiary/aromatic N) is 2. The molecule has 2 aromatic carbocycles. The zero-order chi connectivity index (χ0) is 33.5. The van der Waals surface area contributed by atoms with Gasteiger partial charge in [-0.25, -0.2) is 9.48 Å². The second-order valence-corrected chi connectivity index (χ2v) is 13.9. The van der Waals surface area contributed by atoms with Crippen molar-refractivity contribution in [3.8, 4) is 28.4 Å². The molecule has 250 valence electrons. The maximum Gasteiger partial charge on any atom is 0.330 e. The Kier molecular flexibility index (Phi) is 9.16. The van der Waals surface area contributed by atoms with E-state index < -0.39 is 17.4 Å². The maximum absolute atomic E-state index is 14.2. The molecule has 1 aromatic heterocycles.